The van der Waals surface area contributed by atoms with E-state index in [0.29, 0.717) is 18.9 Å². The molecule has 0 saturated carbocycles. The van der Waals surface area contributed by atoms with Crippen LogP contribution in [0.5, 0.6) is 0 Å². The predicted octanol–water partition coefficient (Wildman–Crippen LogP) is 2.04. The Morgan fingerprint density at radius 1 is 1.56 bits per heavy atom. The molecular formula is C13H16O3. The van der Waals surface area contributed by atoms with Crippen molar-refractivity contribution in [2.24, 2.45) is 0 Å². The van der Waals surface area contributed by atoms with E-state index in [1.54, 1.807) is 0 Å². The van der Waals surface area contributed by atoms with Crippen LogP contribution in [0, 0.1) is 0 Å². The average Bonchev–Trinajstić information content (AvgIpc) is 2.29. The van der Waals surface area contributed by atoms with Gasteiger partial charge in [0.25, 0.3) is 0 Å². The highest BCUT2D eigenvalue weighted by molar-refractivity contribution is 5.73. The quantitative estimate of drug-likeness (QED) is 0.715. The molecule has 0 bridgehead atoms. The van der Waals surface area contributed by atoms with Gasteiger partial charge in [-0.15, -0.1) is 0 Å². The number of hydrogen-bond donors (Lipinski definition) is 0. The Labute approximate surface area is 95.4 Å². The van der Waals surface area contributed by atoms with Crippen LogP contribution in [-0.4, -0.2) is 19.7 Å². The molecule has 0 aliphatic carbocycles. The van der Waals surface area contributed by atoms with Gasteiger partial charge in [-0.3, -0.25) is 4.79 Å². The molecule has 1 aromatic rings. The molecule has 0 N–H and O–H groups in total. The van der Waals surface area contributed by atoms with E-state index in [-0.39, 0.29) is 5.97 Å². The third-order valence-corrected chi connectivity index (χ3v) is 2.97. The molecular weight excluding hydrogens is 204 g/mol. The van der Waals surface area contributed by atoms with Crippen molar-refractivity contribution in [3.8, 4) is 0 Å². The van der Waals surface area contributed by atoms with Crippen molar-refractivity contribution in [1.82, 2.24) is 0 Å². The third kappa shape index (κ3) is 2.09. The van der Waals surface area contributed by atoms with Crippen LogP contribution >= 0.6 is 0 Å². The van der Waals surface area contributed by atoms with E-state index in [9.17, 15) is 4.79 Å². The molecule has 86 valence electrons. The lowest BCUT2D eigenvalue weighted by atomic mass is 9.88. The van der Waals surface area contributed by atoms with Gasteiger partial charge in [0.2, 0.25) is 0 Å². The van der Waals surface area contributed by atoms with Gasteiger partial charge in [0.1, 0.15) is 0 Å². The van der Waals surface area contributed by atoms with Gasteiger partial charge in [-0.1, -0.05) is 25.1 Å². The maximum atomic E-state index is 11.3. The second kappa shape index (κ2) is 4.66. The number of methoxy groups -OCH3 is 1. The molecule has 2 rings (SSSR count). The maximum Gasteiger partial charge on any atom is 0.309 e. The molecule has 1 heterocycles. The van der Waals surface area contributed by atoms with Crippen LogP contribution in [0.25, 0.3) is 0 Å². The van der Waals surface area contributed by atoms with Gasteiger partial charge < -0.3 is 9.47 Å². The van der Waals surface area contributed by atoms with E-state index in [2.05, 4.69) is 13.0 Å². The number of benzene rings is 1. The van der Waals surface area contributed by atoms with Crippen LogP contribution in [0.3, 0.4) is 0 Å². The summed E-state index contributed by atoms with van der Waals surface area (Å²) in [5.41, 5.74) is 3.53. The fraction of sp³-hybridized carbons (Fsp3) is 0.462. The van der Waals surface area contributed by atoms with Crippen molar-refractivity contribution < 1.29 is 14.3 Å². The fourth-order valence-corrected chi connectivity index (χ4v) is 2.24. The van der Waals surface area contributed by atoms with E-state index in [1.807, 2.05) is 12.1 Å². The van der Waals surface area contributed by atoms with Gasteiger partial charge >= 0.3 is 5.97 Å². The zero-order valence-electron chi connectivity index (χ0n) is 9.66. The molecule has 0 radical (unpaired) electrons. The number of carbonyl (C=O) groups is 1. The minimum Gasteiger partial charge on any atom is -0.469 e. The lowest BCUT2D eigenvalue weighted by Gasteiger charge is -2.25. The molecule has 0 saturated heterocycles. The summed E-state index contributed by atoms with van der Waals surface area (Å²) >= 11 is 0. The second-order valence-electron chi connectivity index (χ2n) is 4.16. The van der Waals surface area contributed by atoms with Crippen LogP contribution in [0.4, 0.5) is 0 Å². The molecule has 16 heavy (non-hydrogen) atoms. The Hall–Kier alpha value is -1.35. The van der Waals surface area contributed by atoms with Gasteiger partial charge in [0.05, 0.1) is 26.7 Å². The lowest BCUT2D eigenvalue weighted by Crippen LogP contribution is -2.18. The van der Waals surface area contributed by atoms with Gasteiger partial charge in [-0.25, -0.2) is 0 Å². The summed E-state index contributed by atoms with van der Waals surface area (Å²) in [6.07, 6.45) is 0.351. The Morgan fingerprint density at radius 3 is 3.12 bits per heavy atom. The molecule has 0 aromatic heterocycles. The first-order chi connectivity index (χ1) is 7.72. The van der Waals surface area contributed by atoms with Crippen molar-refractivity contribution in [3.63, 3.8) is 0 Å². The van der Waals surface area contributed by atoms with Crippen molar-refractivity contribution in [3.05, 3.63) is 34.9 Å². The van der Waals surface area contributed by atoms with Crippen LogP contribution in [-0.2, 0) is 27.3 Å². The molecule has 1 aliphatic rings. The fourth-order valence-electron chi connectivity index (χ4n) is 2.24. The number of hydrogen-bond acceptors (Lipinski definition) is 3. The standard InChI is InChI=1S/C13H16O3/c1-9-7-16-8-11-5-3-4-10(13(9)11)6-12(14)15-2/h3-5,9H,6-8H2,1-2H3/t9-/m1/s1. The Kier molecular flexibility index (Phi) is 3.25. The van der Waals surface area contributed by atoms with Crippen LogP contribution in [0.1, 0.15) is 29.5 Å². The highest BCUT2D eigenvalue weighted by Crippen LogP contribution is 2.29. The Bertz CT molecular complexity index is 398. The maximum absolute atomic E-state index is 11.3. The summed E-state index contributed by atoms with van der Waals surface area (Å²) in [6, 6.07) is 6.03. The van der Waals surface area contributed by atoms with E-state index in [1.165, 1.54) is 18.2 Å². The number of fused-ring (bicyclic) bond motifs is 1. The molecule has 1 aromatic carbocycles. The SMILES string of the molecule is COC(=O)Cc1cccc2c1[C@H](C)COC2. The van der Waals surface area contributed by atoms with E-state index >= 15 is 0 Å². The molecule has 1 aliphatic heterocycles. The van der Waals surface area contributed by atoms with Gasteiger partial charge in [0, 0.05) is 5.92 Å². The normalized spacial score (nSPS) is 19.0. The molecule has 3 heteroatoms. The average molecular weight is 220 g/mol. The minimum atomic E-state index is -0.188. The summed E-state index contributed by atoms with van der Waals surface area (Å²) in [4.78, 5) is 11.3. The predicted molar refractivity (Wildman–Crippen MR) is 60.2 cm³/mol. The number of esters is 1. The van der Waals surface area contributed by atoms with Gasteiger partial charge in [-0.2, -0.15) is 0 Å². The summed E-state index contributed by atoms with van der Waals surface area (Å²) < 4.78 is 10.2. The van der Waals surface area contributed by atoms with Crippen molar-refractivity contribution in [2.45, 2.75) is 25.9 Å². The summed E-state index contributed by atoms with van der Waals surface area (Å²) in [6.45, 7) is 3.50. The summed E-state index contributed by atoms with van der Waals surface area (Å²) in [7, 11) is 1.42. The lowest BCUT2D eigenvalue weighted by molar-refractivity contribution is -0.139. The van der Waals surface area contributed by atoms with E-state index < -0.39 is 0 Å². The molecule has 1 atom stereocenters. The summed E-state index contributed by atoms with van der Waals surface area (Å²) in [5, 5.41) is 0. The smallest absolute Gasteiger partial charge is 0.309 e. The van der Waals surface area contributed by atoms with Crippen molar-refractivity contribution in [2.75, 3.05) is 13.7 Å². The van der Waals surface area contributed by atoms with Crippen LogP contribution in [0.15, 0.2) is 18.2 Å². The zero-order chi connectivity index (χ0) is 11.5. The third-order valence-electron chi connectivity index (χ3n) is 2.97. The Balaban J connectivity index is 2.34. The largest absolute Gasteiger partial charge is 0.469 e. The molecule has 0 fully saturated rings. The molecule has 3 nitrogen and oxygen atoms in total. The van der Waals surface area contributed by atoms with E-state index in [0.717, 1.165) is 12.2 Å². The monoisotopic (exact) mass is 220 g/mol. The van der Waals surface area contributed by atoms with Crippen molar-refractivity contribution >= 4 is 5.97 Å². The van der Waals surface area contributed by atoms with Crippen molar-refractivity contribution in [1.29, 1.82) is 0 Å². The second-order valence-corrected chi connectivity index (χ2v) is 4.16. The first kappa shape index (κ1) is 11.1. The Morgan fingerprint density at radius 2 is 2.38 bits per heavy atom. The highest BCUT2D eigenvalue weighted by Gasteiger charge is 2.21. The minimum absolute atomic E-state index is 0.188. The number of rotatable bonds is 2. The van der Waals surface area contributed by atoms with Crippen LogP contribution < -0.4 is 0 Å². The number of carbonyl (C=O) groups excluding carboxylic acids is 1. The van der Waals surface area contributed by atoms with Crippen LogP contribution in [0.2, 0.25) is 0 Å². The van der Waals surface area contributed by atoms with Gasteiger partial charge in [0.15, 0.2) is 0 Å². The molecule has 0 unspecified atom stereocenters. The van der Waals surface area contributed by atoms with E-state index in [4.69, 9.17) is 9.47 Å². The highest BCUT2D eigenvalue weighted by atomic mass is 16.5. The van der Waals surface area contributed by atoms with Gasteiger partial charge in [-0.05, 0) is 16.7 Å². The topological polar surface area (TPSA) is 35.5 Å². The zero-order valence-corrected chi connectivity index (χ0v) is 9.66. The number of ether oxygens (including phenoxy) is 2. The summed E-state index contributed by atoms with van der Waals surface area (Å²) in [5.74, 6) is 0.164. The first-order valence-corrected chi connectivity index (χ1v) is 5.47. The molecule has 0 spiro atoms. The molecule has 0 amide bonds. The first-order valence-electron chi connectivity index (χ1n) is 5.47.